The molecule has 0 atom stereocenters. The lowest BCUT2D eigenvalue weighted by Gasteiger charge is -2.30. The van der Waals surface area contributed by atoms with Gasteiger partial charge in [-0.05, 0) is 36.4 Å². The number of nitrogens with one attached hydrogen (secondary N) is 1. The zero-order valence-electron chi connectivity index (χ0n) is 14.9. The lowest BCUT2D eigenvalue weighted by molar-refractivity contribution is -0.121. The summed E-state index contributed by atoms with van der Waals surface area (Å²) in [5, 5.41) is 7.40. The first-order valence-corrected chi connectivity index (χ1v) is 11.5. The van der Waals surface area contributed by atoms with E-state index in [1.54, 1.807) is 0 Å². The van der Waals surface area contributed by atoms with Crippen LogP contribution in [0.15, 0.2) is 51.6 Å². The van der Waals surface area contributed by atoms with Gasteiger partial charge in [-0.1, -0.05) is 34.1 Å². The maximum atomic E-state index is 12.6. The molecule has 3 heterocycles. The maximum absolute atomic E-state index is 12.6. The van der Waals surface area contributed by atoms with Gasteiger partial charge in [0.05, 0.1) is 10.6 Å². The molecule has 0 saturated carbocycles. The Hall–Kier alpha value is -2.03. The van der Waals surface area contributed by atoms with Crippen LogP contribution in [-0.4, -0.2) is 34.8 Å². The fourth-order valence-corrected chi connectivity index (χ4v) is 5.03. The van der Waals surface area contributed by atoms with Gasteiger partial charge in [0.15, 0.2) is 5.13 Å². The zero-order chi connectivity index (χ0) is 19.5. The van der Waals surface area contributed by atoms with Gasteiger partial charge in [-0.2, -0.15) is 0 Å². The predicted molar refractivity (Wildman–Crippen MR) is 117 cm³/mol. The zero-order valence-corrected chi connectivity index (χ0v) is 18.1. The summed E-state index contributed by atoms with van der Waals surface area (Å²) >= 11 is 6.34. The highest BCUT2D eigenvalue weighted by molar-refractivity contribution is 9.10. The van der Waals surface area contributed by atoms with Gasteiger partial charge in [0.25, 0.3) is 5.91 Å². The first kappa shape index (κ1) is 19.3. The Morgan fingerprint density at radius 1 is 1.14 bits per heavy atom. The molecule has 1 N–H and O–H groups in total. The number of anilines is 1. The average Bonchev–Trinajstić information content (AvgIpc) is 3.40. The Balaban J connectivity index is 1.33. The molecule has 0 radical (unpaired) electrons. The standard InChI is InChI=1S/C20H18BrN3O2S2/c21-15-4-1-3-14(11-15)16-12-28-20(22-16)23-18(25)13-6-8-24(9-7-13)19(26)17-5-2-10-27-17/h1-5,10-13H,6-9H2,(H,22,23,25). The van der Waals surface area contributed by atoms with Crippen LogP contribution in [0.2, 0.25) is 0 Å². The number of halogens is 1. The van der Waals surface area contributed by atoms with Gasteiger partial charge < -0.3 is 10.2 Å². The second-order valence-electron chi connectivity index (χ2n) is 6.58. The molecule has 0 spiro atoms. The first-order valence-electron chi connectivity index (χ1n) is 8.95. The van der Waals surface area contributed by atoms with E-state index in [9.17, 15) is 9.59 Å². The van der Waals surface area contributed by atoms with Gasteiger partial charge in [0, 0.05) is 34.4 Å². The number of amides is 2. The van der Waals surface area contributed by atoms with Crippen molar-refractivity contribution in [2.45, 2.75) is 12.8 Å². The highest BCUT2D eigenvalue weighted by atomic mass is 79.9. The number of rotatable bonds is 4. The Kier molecular flexibility index (Phi) is 5.89. The Morgan fingerprint density at radius 3 is 2.68 bits per heavy atom. The van der Waals surface area contributed by atoms with Gasteiger partial charge in [0.2, 0.25) is 5.91 Å². The summed E-state index contributed by atoms with van der Waals surface area (Å²) in [7, 11) is 0. The van der Waals surface area contributed by atoms with Gasteiger partial charge in [-0.3, -0.25) is 9.59 Å². The number of hydrogen-bond acceptors (Lipinski definition) is 5. The predicted octanol–water partition coefficient (Wildman–Crippen LogP) is 5.13. The SMILES string of the molecule is O=C(Nc1nc(-c2cccc(Br)c2)cs1)C1CCN(C(=O)c2cccs2)CC1. The molecule has 3 aromatic rings. The molecule has 1 aromatic carbocycles. The van der Waals surface area contributed by atoms with Crippen molar-refractivity contribution >= 4 is 55.5 Å². The number of benzene rings is 1. The number of likely N-dealkylation sites (tertiary alicyclic amines) is 1. The minimum Gasteiger partial charge on any atom is -0.338 e. The van der Waals surface area contributed by atoms with E-state index in [1.165, 1.54) is 22.7 Å². The quantitative estimate of drug-likeness (QED) is 0.568. The van der Waals surface area contributed by atoms with Crippen LogP contribution in [0.4, 0.5) is 5.13 Å². The van der Waals surface area contributed by atoms with E-state index in [-0.39, 0.29) is 17.7 Å². The van der Waals surface area contributed by atoms with E-state index >= 15 is 0 Å². The van der Waals surface area contributed by atoms with Crippen molar-refractivity contribution in [3.63, 3.8) is 0 Å². The molecule has 5 nitrogen and oxygen atoms in total. The van der Waals surface area contributed by atoms with Gasteiger partial charge in [-0.15, -0.1) is 22.7 Å². The highest BCUT2D eigenvalue weighted by Gasteiger charge is 2.28. The summed E-state index contributed by atoms with van der Waals surface area (Å²) in [6.45, 7) is 1.21. The van der Waals surface area contributed by atoms with E-state index < -0.39 is 0 Å². The minimum atomic E-state index is -0.0920. The fraction of sp³-hybridized carbons (Fsp3) is 0.250. The smallest absolute Gasteiger partial charge is 0.263 e. The van der Waals surface area contributed by atoms with Gasteiger partial charge >= 0.3 is 0 Å². The van der Waals surface area contributed by atoms with Crippen LogP contribution in [0.1, 0.15) is 22.5 Å². The molecule has 1 fully saturated rings. The van der Waals surface area contributed by atoms with Crippen molar-refractivity contribution in [3.8, 4) is 11.3 Å². The monoisotopic (exact) mass is 475 g/mol. The van der Waals surface area contributed by atoms with Crippen molar-refractivity contribution < 1.29 is 9.59 Å². The third-order valence-electron chi connectivity index (χ3n) is 4.74. The van der Waals surface area contributed by atoms with Crippen LogP contribution >= 0.6 is 38.6 Å². The first-order chi connectivity index (χ1) is 13.6. The summed E-state index contributed by atoms with van der Waals surface area (Å²) in [6.07, 6.45) is 1.35. The molecule has 1 aliphatic heterocycles. The van der Waals surface area contributed by atoms with Crippen LogP contribution in [-0.2, 0) is 4.79 Å². The number of piperidine rings is 1. The molecule has 0 aliphatic carbocycles. The maximum Gasteiger partial charge on any atom is 0.263 e. The molecule has 1 aliphatic rings. The number of thiophene rings is 1. The number of nitrogens with zero attached hydrogens (tertiary/aromatic N) is 2. The summed E-state index contributed by atoms with van der Waals surface area (Å²) < 4.78 is 0.993. The lowest BCUT2D eigenvalue weighted by atomic mass is 9.96. The second kappa shape index (κ2) is 8.55. The topological polar surface area (TPSA) is 62.3 Å². The number of carbonyl (C=O) groups excluding carboxylic acids is 2. The minimum absolute atomic E-state index is 0.0154. The van der Waals surface area contributed by atoms with Crippen LogP contribution in [0.25, 0.3) is 11.3 Å². The average molecular weight is 476 g/mol. The van der Waals surface area contributed by atoms with E-state index in [2.05, 4.69) is 26.2 Å². The van der Waals surface area contributed by atoms with Crippen molar-refractivity contribution in [2.75, 3.05) is 18.4 Å². The van der Waals surface area contributed by atoms with E-state index in [1.807, 2.05) is 52.1 Å². The van der Waals surface area contributed by atoms with E-state index in [0.717, 1.165) is 20.6 Å². The molecular weight excluding hydrogens is 458 g/mol. The third-order valence-corrected chi connectivity index (χ3v) is 6.85. The van der Waals surface area contributed by atoms with E-state index in [4.69, 9.17) is 0 Å². The van der Waals surface area contributed by atoms with Gasteiger partial charge in [-0.25, -0.2) is 4.98 Å². The largest absolute Gasteiger partial charge is 0.338 e. The van der Waals surface area contributed by atoms with Crippen LogP contribution in [0.5, 0.6) is 0 Å². The van der Waals surface area contributed by atoms with Crippen molar-refractivity contribution in [1.82, 2.24) is 9.88 Å². The van der Waals surface area contributed by atoms with Crippen molar-refractivity contribution in [1.29, 1.82) is 0 Å². The molecule has 144 valence electrons. The lowest BCUT2D eigenvalue weighted by Crippen LogP contribution is -2.41. The highest BCUT2D eigenvalue weighted by Crippen LogP contribution is 2.28. The Morgan fingerprint density at radius 2 is 1.96 bits per heavy atom. The van der Waals surface area contributed by atoms with Crippen molar-refractivity contribution in [3.05, 3.63) is 56.5 Å². The van der Waals surface area contributed by atoms with Gasteiger partial charge in [0.1, 0.15) is 0 Å². The normalized spacial score (nSPS) is 14.8. The van der Waals surface area contributed by atoms with E-state index in [0.29, 0.717) is 31.1 Å². The molecule has 8 heteroatoms. The summed E-state index contributed by atoms with van der Waals surface area (Å²) in [5.74, 6) is -0.0450. The number of thiazole rings is 1. The molecule has 0 bridgehead atoms. The molecule has 28 heavy (non-hydrogen) atoms. The molecule has 4 rings (SSSR count). The number of carbonyl (C=O) groups is 2. The molecular formula is C20H18BrN3O2S2. The van der Waals surface area contributed by atoms with Crippen LogP contribution in [0.3, 0.4) is 0 Å². The van der Waals surface area contributed by atoms with Crippen molar-refractivity contribution in [2.24, 2.45) is 5.92 Å². The Bertz CT molecular complexity index is 979. The Labute approximate surface area is 179 Å². The molecule has 2 aromatic heterocycles. The number of hydrogen-bond donors (Lipinski definition) is 1. The summed E-state index contributed by atoms with van der Waals surface area (Å²) in [6, 6.07) is 11.6. The summed E-state index contributed by atoms with van der Waals surface area (Å²) in [4.78, 5) is 32.2. The third kappa shape index (κ3) is 4.34. The molecule has 2 amide bonds. The second-order valence-corrected chi connectivity index (χ2v) is 9.30. The fourth-order valence-electron chi connectivity index (χ4n) is 3.22. The molecule has 0 unspecified atom stereocenters. The van der Waals surface area contributed by atoms with Crippen LogP contribution < -0.4 is 5.32 Å². The van der Waals surface area contributed by atoms with Crippen LogP contribution in [0, 0.1) is 5.92 Å². The molecule has 1 saturated heterocycles. The number of aromatic nitrogens is 1. The summed E-state index contributed by atoms with van der Waals surface area (Å²) in [5.41, 5.74) is 1.85.